The summed E-state index contributed by atoms with van der Waals surface area (Å²) in [7, 11) is 0. The molecule has 1 aromatic heterocycles. The Morgan fingerprint density at radius 3 is 2.71 bits per heavy atom. The molecular weight excluding hydrogens is 190 g/mol. The molecule has 0 amide bonds. The number of hydrogen-bond donors (Lipinski definition) is 1. The SMILES string of the molecule is Cc1c(CN)ncc(C(F)F)c1C=O. The number of carbonyl (C=O) groups is 1. The first-order chi connectivity index (χ1) is 6.61. The van der Waals surface area contributed by atoms with Gasteiger partial charge in [-0.2, -0.15) is 0 Å². The largest absolute Gasteiger partial charge is 0.325 e. The van der Waals surface area contributed by atoms with Crippen molar-refractivity contribution >= 4 is 6.29 Å². The van der Waals surface area contributed by atoms with Crippen LogP contribution in [-0.4, -0.2) is 11.3 Å². The number of rotatable bonds is 3. The summed E-state index contributed by atoms with van der Waals surface area (Å²) in [6.45, 7) is 1.70. The molecule has 76 valence electrons. The van der Waals surface area contributed by atoms with E-state index in [1.807, 2.05) is 0 Å². The Labute approximate surface area is 79.9 Å². The number of aromatic nitrogens is 1. The van der Waals surface area contributed by atoms with Gasteiger partial charge >= 0.3 is 0 Å². The number of alkyl halides is 2. The Bertz CT molecular complexity index is 353. The lowest BCUT2D eigenvalue weighted by Crippen LogP contribution is -2.07. The van der Waals surface area contributed by atoms with Crippen LogP contribution in [0.15, 0.2) is 6.20 Å². The third-order valence-electron chi connectivity index (χ3n) is 2.05. The molecule has 1 rings (SSSR count). The normalized spacial score (nSPS) is 10.6. The van der Waals surface area contributed by atoms with Crippen molar-refractivity contribution in [2.45, 2.75) is 19.9 Å². The Kier molecular flexibility index (Phi) is 3.24. The van der Waals surface area contributed by atoms with Crippen LogP contribution >= 0.6 is 0 Å². The van der Waals surface area contributed by atoms with Gasteiger partial charge < -0.3 is 5.73 Å². The smallest absolute Gasteiger partial charge is 0.266 e. The van der Waals surface area contributed by atoms with Crippen molar-refractivity contribution in [3.8, 4) is 0 Å². The molecule has 0 bridgehead atoms. The van der Waals surface area contributed by atoms with E-state index >= 15 is 0 Å². The Morgan fingerprint density at radius 2 is 2.29 bits per heavy atom. The quantitative estimate of drug-likeness (QED) is 0.754. The van der Waals surface area contributed by atoms with E-state index in [2.05, 4.69) is 4.98 Å². The first kappa shape index (κ1) is 10.7. The van der Waals surface area contributed by atoms with Crippen LogP contribution in [0.4, 0.5) is 8.78 Å². The van der Waals surface area contributed by atoms with E-state index in [0.29, 0.717) is 17.5 Å². The number of aldehydes is 1. The summed E-state index contributed by atoms with van der Waals surface area (Å²) in [5, 5.41) is 0. The maximum atomic E-state index is 12.4. The van der Waals surface area contributed by atoms with E-state index in [1.165, 1.54) is 0 Å². The molecule has 0 unspecified atom stereocenters. The van der Waals surface area contributed by atoms with E-state index in [1.54, 1.807) is 6.92 Å². The summed E-state index contributed by atoms with van der Waals surface area (Å²) < 4.78 is 24.8. The van der Waals surface area contributed by atoms with Crippen LogP contribution < -0.4 is 5.73 Å². The lowest BCUT2D eigenvalue weighted by Gasteiger charge is -2.09. The molecule has 0 aliphatic carbocycles. The highest BCUT2D eigenvalue weighted by Crippen LogP contribution is 2.24. The zero-order chi connectivity index (χ0) is 10.7. The molecule has 0 aromatic carbocycles. The number of hydrogen-bond acceptors (Lipinski definition) is 3. The molecule has 1 aromatic rings. The molecule has 0 atom stereocenters. The number of nitrogens with zero attached hydrogens (tertiary/aromatic N) is 1. The van der Waals surface area contributed by atoms with E-state index in [4.69, 9.17) is 5.73 Å². The van der Waals surface area contributed by atoms with Gasteiger partial charge in [-0.25, -0.2) is 8.78 Å². The first-order valence-corrected chi connectivity index (χ1v) is 4.03. The van der Waals surface area contributed by atoms with E-state index in [9.17, 15) is 13.6 Å². The Hall–Kier alpha value is -1.36. The van der Waals surface area contributed by atoms with Gasteiger partial charge in [0.05, 0.1) is 5.69 Å². The molecule has 2 N–H and O–H groups in total. The van der Waals surface area contributed by atoms with Crippen LogP contribution in [-0.2, 0) is 6.54 Å². The third-order valence-corrected chi connectivity index (χ3v) is 2.05. The molecule has 5 heteroatoms. The standard InChI is InChI=1S/C9H10F2N2O/c1-5-7(4-14)6(9(10)11)3-13-8(5)2-12/h3-4,9H,2,12H2,1H3. The minimum absolute atomic E-state index is 0.00421. The highest BCUT2D eigenvalue weighted by Gasteiger charge is 2.16. The number of nitrogens with two attached hydrogens (primary N) is 1. The van der Waals surface area contributed by atoms with Crippen LogP contribution in [0.3, 0.4) is 0 Å². The molecule has 0 aliphatic rings. The molecule has 1 heterocycles. The second-order valence-corrected chi connectivity index (χ2v) is 2.82. The molecule has 0 radical (unpaired) electrons. The van der Waals surface area contributed by atoms with Crippen molar-refractivity contribution in [3.63, 3.8) is 0 Å². The van der Waals surface area contributed by atoms with Crippen molar-refractivity contribution in [1.82, 2.24) is 4.98 Å². The fraction of sp³-hybridized carbons (Fsp3) is 0.333. The van der Waals surface area contributed by atoms with Gasteiger partial charge in [0, 0.05) is 23.9 Å². The van der Waals surface area contributed by atoms with Crippen LogP contribution in [0.5, 0.6) is 0 Å². The predicted molar refractivity (Wildman–Crippen MR) is 47.2 cm³/mol. The summed E-state index contributed by atoms with van der Waals surface area (Å²) in [5.74, 6) is 0. The lowest BCUT2D eigenvalue weighted by molar-refractivity contribution is 0.110. The average Bonchev–Trinajstić information content (AvgIpc) is 2.17. The maximum absolute atomic E-state index is 12.4. The highest BCUT2D eigenvalue weighted by atomic mass is 19.3. The zero-order valence-electron chi connectivity index (χ0n) is 7.63. The van der Waals surface area contributed by atoms with Crippen molar-refractivity contribution in [2.24, 2.45) is 5.73 Å². The summed E-state index contributed by atoms with van der Waals surface area (Å²) >= 11 is 0. The summed E-state index contributed by atoms with van der Waals surface area (Å²) in [6, 6.07) is 0. The summed E-state index contributed by atoms with van der Waals surface area (Å²) in [4.78, 5) is 14.4. The average molecular weight is 200 g/mol. The fourth-order valence-electron chi connectivity index (χ4n) is 1.22. The van der Waals surface area contributed by atoms with E-state index in [-0.39, 0.29) is 17.7 Å². The minimum Gasteiger partial charge on any atom is -0.325 e. The first-order valence-electron chi connectivity index (χ1n) is 4.03. The maximum Gasteiger partial charge on any atom is 0.266 e. The second kappa shape index (κ2) is 4.23. The van der Waals surface area contributed by atoms with Crippen LogP contribution in [0.1, 0.15) is 33.6 Å². The van der Waals surface area contributed by atoms with E-state index < -0.39 is 6.43 Å². The highest BCUT2D eigenvalue weighted by molar-refractivity contribution is 5.79. The second-order valence-electron chi connectivity index (χ2n) is 2.82. The molecule has 3 nitrogen and oxygen atoms in total. The fourth-order valence-corrected chi connectivity index (χ4v) is 1.22. The summed E-state index contributed by atoms with van der Waals surface area (Å²) in [5.41, 5.74) is 5.89. The Balaban J connectivity index is 3.35. The number of pyridine rings is 1. The van der Waals surface area contributed by atoms with Gasteiger partial charge in [-0.3, -0.25) is 9.78 Å². The van der Waals surface area contributed by atoms with E-state index in [0.717, 1.165) is 6.20 Å². The van der Waals surface area contributed by atoms with Crippen molar-refractivity contribution in [3.05, 3.63) is 28.6 Å². The van der Waals surface area contributed by atoms with Gasteiger partial charge in [0.1, 0.15) is 0 Å². The Morgan fingerprint density at radius 1 is 1.64 bits per heavy atom. The third kappa shape index (κ3) is 1.77. The number of carbonyl (C=O) groups excluding carboxylic acids is 1. The number of halogens is 2. The van der Waals surface area contributed by atoms with Gasteiger partial charge in [0.15, 0.2) is 6.29 Å². The van der Waals surface area contributed by atoms with Gasteiger partial charge in [0.25, 0.3) is 6.43 Å². The topological polar surface area (TPSA) is 56.0 Å². The minimum atomic E-state index is -2.69. The van der Waals surface area contributed by atoms with Gasteiger partial charge in [-0.05, 0) is 12.5 Å². The zero-order valence-corrected chi connectivity index (χ0v) is 7.63. The van der Waals surface area contributed by atoms with Crippen molar-refractivity contribution in [1.29, 1.82) is 0 Å². The predicted octanol–water partition coefficient (Wildman–Crippen LogP) is 1.60. The molecule has 0 fully saturated rings. The molecule has 14 heavy (non-hydrogen) atoms. The molecule has 0 aliphatic heterocycles. The van der Waals surface area contributed by atoms with Crippen molar-refractivity contribution in [2.75, 3.05) is 0 Å². The van der Waals surface area contributed by atoms with Crippen LogP contribution in [0.2, 0.25) is 0 Å². The molecule has 0 saturated carbocycles. The molecule has 0 spiro atoms. The molecule has 0 saturated heterocycles. The van der Waals surface area contributed by atoms with Gasteiger partial charge in [0.2, 0.25) is 0 Å². The van der Waals surface area contributed by atoms with Crippen LogP contribution in [0.25, 0.3) is 0 Å². The monoisotopic (exact) mass is 200 g/mol. The molecular formula is C9H10F2N2O. The van der Waals surface area contributed by atoms with Crippen LogP contribution in [0, 0.1) is 6.92 Å². The lowest BCUT2D eigenvalue weighted by atomic mass is 10.0. The summed E-state index contributed by atoms with van der Waals surface area (Å²) in [6.07, 6.45) is -1.27. The van der Waals surface area contributed by atoms with Crippen molar-refractivity contribution < 1.29 is 13.6 Å². The van der Waals surface area contributed by atoms with Gasteiger partial charge in [-0.15, -0.1) is 0 Å². The van der Waals surface area contributed by atoms with Gasteiger partial charge in [-0.1, -0.05) is 0 Å².